The first-order valence-electron chi connectivity index (χ1n) is 16.4. The van der Waals surface area contributed by atoms with Gasteiger partial charge in [0.2, 0.25) is 10.0 Å². The van der Waals surface area contributed by atoms with Gasteiger partial charge in [-0.25, -0.2) is 21.6 Å². The van der Waals surface area contributed by atoms with Crippen LogP contribution in [-0.4, -0.2) is 72.4 Å². The average molecular weight is 707 g/mol. The number of carbonyl (C=O) groups excluding carboxylic acids is 1. The number of nitrogens with one attached hydrogen (secondary N) is 1. The fourth-order valence-corrected chi connectivity index (χ4v) is 9.61. The molecule has 5 rings (SSSR count). The zero-order valence-electron chi connectivity index (χ0n) is 27.9. The molecule has 2 aromatic rings. The van der Waals surface area contributed by atoms with Crippen molar-refractivity contribution in [2.24, 2.45) is 11.8 Å². The van der Waals surface area contributed by atoms with Gasteiger partial charge < -0.3 is 14.4 Å². The van der Waals surface area contributed by atoms with Gasteiger partial charge in [-0.05, 0) is 106 Å². The molecule has 47 heavy (non-hydrogen) atoms. The molecule has 1 fully saturated rings. The predicted molar refractivity (Wildman–Crippen MR) is 187 cm³/mol. The molecule has 2 aromatic carbocycles. The van der Waals surface area contributed by atoms with E-state index in [4.69, 9.17) is 21.1 Å². The number of amides is 1. The first-order chi connectivity index (χ1) is 22.1. The molecule has 2 aliphatic carbocycles. The number of carbonyl (C=O) groups is 1. The van der Waals surface area contributed by atoms with Crippen LogP contribution in [0.1, 0.15) is 74.4 Å². The molecule has 1 N–H and O–H groups in total. The Kier molecular flexibility index (Phi) is 10.4. The number of ether oxygens (including phenoxy) is 2. The molecule has 1 spiro atoms. The number of benzene rings is 2. The number of rotatable bonds is 11. The summed E-state index contributed by atoms with van der Waals surface area (Å²) in [5.41, 5.74) is 2.01. The van der Waals surface area contributed by atoms with Gasteiger partial charge in [0.1, 0.15) is 11.4 Å². The Hall–Kier alpha value is -2.60. The molecule has 3 aliphatic rings. The lowest BCUT2D eigenvalue weighted by atomic mass is 9.64. The van der Waals surface area contributed by atoms with Gasteiger partial charge in [-0.15, -0.1) is 0 Å². The fraction of sp³-hybridized carbons (Fsp3) is 0.571. The van der Waals surface area contributed by atoms with Crippen LogP contribution in [0, 0.1) is 11.8 Å². The molecule has 0 radical (unpaired) electrons. The third-order valence-corrected chi connectivity index (χ3v) is 13.1. The summed E-state index contributed by atoms with van der Waals surface area (Å²) < 4.78 is 65.3. The van der Waals surface area contributed by atoms with Crippen molar-refractivity contribution in [2.75, 3.05) is 43.7 Å². The monoisotopic (exact) mass is 706 g/mol. The van der Waals surface area contributed by atoms with E-state index in [-0.39, 0.29) is 28.6 Å². The maximum absolute atomic E-state index is 13.2. The number of halogens is 1. The second kappa shape index (κ2) is 13.7. The van der Waals surface area contributed by atoms with Crippen molar-refractivity contribution in [2.45, 2.75) is 75.6 Å². The van der Waals surface area contributed by atoms with Gasteiger partial charge >= 0.3 is 0 Å². The largest absolute Gasteiger partial charge is 0.490 e. The molecule has 12 heteroatoms. The zero-order valence-corrected chi connectivity index (χ0v) is 30.3. The van der Waals surface area contributed by atoms with Gasteiger partial charge in [0, 0.05) is 42.5 Å². The van der Waals surface area contributed by atoms with Crippen molar-refractivity contribution in [3.8, 4) is 5.75 Å². The van der Waals surface area contributed by atoms with Gasteiger partial charge in [0.25, 0.3) is 5.91 Å². The fourth-order valence-electron chi connectivity index (χ4n) is 7.56. The summed E-state index contributed by atoms with van der Waals surface area (Å²) in [6.07, 6.45) is 10.4. The first-order valence-corrected chi connectivity index (χ1v) is 20.4. The standard InChI is InChI=1S/C35H47ClN2O7S2/c1-6-7-17-35(44-4,23-46(5,40)41)30-13-10-27(30)20-38-21-34(16-8-9-25-18-28(36)12-14-29(25)34)22-45-32-15-11-26(19-31(32)38)33(39)37-47(42,43)24(2)3/h7,11-12,14-15,17-19,24,27,30H,6,8-10,13,16,20-23H2,1-5H3,(H,37,39)/b17-7+/t27-,30+,34-,35-/m0/s1. The number of nitrogens with zero attached hydrogens (tertiary/aromatic N) is 1. The highest BCUT2D eigenvalue weighted by atomic mass is 35.5. The highest BCUT2D eigenvalue weighted by Crippen LogP contribution is 2.49. The third kappa shape index (κ3) is 7.53. The minimum absolute atomic E-state index is 0.0475. The second-order valence-corrected chi connectivity index (χ2v) is 18.6. The molecule has 4 atom stereocenters. The lowest BCUT2D eigenvalue weighted by molar-refractivity contribution is -0.0596. The third-order valence-electron chi connectivity index (χ3n) is 10.2. The van der Waals surface area contributed by atoms with Gasteiger partial charge in [0.15, 0.2) is 9.84 Å². The van der Waals surface area contributed by atoms with Gasteiger partial charge in [-0.1, -0.05) is 36.7 Å². The van der Waals surface area contributed by atoms with E-state index < -0.39 is 36.6 Å². The Morgan fingerprint density at radius 3 is 2.60 bits per heavy atom. The van der Waals surface area contributed by atoms with Crippen LogP contribution in [-0.2, 0) is 36.4 Å². The zero-order chi connectivity index (χ0) is 34.2. The van der Waals surface area contributed by atoms with E-state index >= 15 is 0 Å². The van der Waals surface area contributed by atoms with Crippen LogP contribution >= 0.6 is 11.6 Å². The molecule has 0 unspecified atom stereocenters. The van der Waals surface area contributed by atoms with Crippen LogP contribution in [0.3, 0.4) is 0 Å². The summed E-state index contributed by atoms with van der Waals surface area (Å²) in [7, 11) is -5.61. The molecule has 1 saturated carbocycles. The molecule has 0 bridgehead atoms. The van der Waals surface area contributed by atoms with Gasteiger partial charge in [0.05, 0.1) is 23.3 Å². The Morgan fingerprint density at radius 2 is 1.96 bits per heavy atom. The van der Waals surface area contributed by atoms with Crippen molar-refractivity contribution in [3.05, 3.63) is 70.3 Å². The SMILES string of the molecule is CC/C=C/[C@@](CS(C)(=O)=O)(OC)[C@@H]1CC[C@H]1CN1C[C@@]2(CCCc3cc(Cl)ccc32)COc2ccc(C(=O)NS(=O)(=O)C(C)C)cc21. The van der Waals surface area contributed by atoms with E-state index in [1.165, 1.54) is 31.2 Å². The Morgan fingerprint density at radius 1 is 1.19 bits per heavy atom. The molecular formula is C35H47ClN2O7S2. The number of allylic oxidation sites excluding steroid dienone is 1. The highest BCUT2D eigenvalue weighted by molar-refractivity contribution is 7.91. The molecular weight excluding hydrogens is 660 g/mol. The van der Waals surface area contributed by atoms with E-state index in [2.05, 4.69) is 15.7 Å². The summed E-state index contributed by atoms with van der Waals surface area (Å²) in [6, 6.07) is 11.1. The van der Waals surface area contributed by atoms with Crippen LogP contribution in [0.2, 0.25) is 5.02 Å². The van der Waals surface area contributed by atoms with Crippen molar-refractivity contribution < 1.29 is 31.1 Å². The number of sulfonamides is 1. The van der Waals surface area contributed by atoms with E-state index in [1.807, 2.05) is 31.2 Å². The summed E-state index contributed by atoms with van der Waals surface area (Å²) in [6.45, 7) is 6.66. The number of hydrogen-bond donors (Lipinski definition) is 1. The lowest BCUT2D eigenvalue weighted by Gasteiger charge is -2.50. The number of fused-ring (bicyclic) bond motifs is 3. The molecule has 0 saturated heterocycles. The molecule has 1 amide bonds. The topological polar surface area (TPSA) is 119 Å². The van der Waals surface area contributed by atoms with Gasteiger partial charge in [-0.3, -0.25) is 4.79 Å². The van der Waals surface area contributed by atoms with E-state index in [9.17, 15) is 21.6 Å². The van der Waals surface area contributed by atoms with Crippen LogP contribution in [0.5, 0.6) is 5.75 Å². The van der Waals surface area contributed by atoms with Gasteiger partial charge in [-0.2, -0.15) is 0 Å². The molecule has 258 valence electrons. The van der Waals surface area contributed by atoms with Crippen LogP contribution < -0.4 is 14.4 Å². The smallest absolute Gasteiger partial charge is 0.264 e. The molecule has 1 aliphatic heterocycles. The van der Waals surface area contributed by atoms with Crippen molar-refractivity contribution in [3.63, 3.8) is 0 Å². The first kappa shape index (κ1) is 35.7. The minimum atomic E-state index is -3.83. The quantitative estimate of drug-likeness (QED) is 0.296. The Balaban J connectivity index is 1.56. The normalized spacial score (nSPS) is 24.2. The maximum atomic E-state index is 13.2. The second-order valence-electron chi connectivity index (χ2n) is 13.8. The predicted octanol–water partition coefficient (Wildman–Crippen LogP) is 5.70. The lowest BCUT2D eigenvalue weighted by Crippen LogP contribution is -2.55. The Bertz CT molecular complexity index is 1740. The summed E-state index contributed by atoms with van der Waals surface area (Å²) >= 11 is 6.42. The van der Waals surface area contributed by atoms with Crippen LogP contribution in [0.15, 0.2) is 48.6 Å². The van der Waals surface area contributed by atoms with Crippen molar-refractivity contribution in [1.82, 2.24) is 4.72 Å². The maximum Gasteiger partial charge on any atom is 0.264 e. The number of hydrogen-bond acceptors (Lipinski definition) is 8. The van der Waals surface area contributed by atoms with Crippen LogP contribution in [0.25, 0.3) is 0 Å². The summed E-state index contributed by atoms with van der Waals surface area (Å²) in [5, 5.41) is -0.0705. The van der Waals surface area contributed by atoms with E-state index in [1.54, 1.807) is 25.3 Å². The summed E-state index contributed by atoms with van der Waals surface area (Å²) in [5.74, 6) is -0.152. The Labute approximate surface area is 285 Å². The van der Waals surface area contributed by atoms with E-state index in [0.717, 1.165) is 38.5 Å². The molecule has 9 nitrogen and oxygen atoms in total. The highest BCUT2D eigenvalue weighted by Gasteiger charge is 2.50. The van der Waals surface area contributed by atoms with Crippen molar-refractivity contribution in [1.29, 1.82) is 0 Å². The number of methoxy groups -OCH3 is 1. The molecule has 1 heterocycles. The molecule has 0 aromatic heterocycles. The average Bonchev–Trinajstić information content (AvgIpc) is 3.13. The van der Waals surface area contributed by atoms with E-state index in [0.29, 0.717) is 36.2 Å². The number of aryl methyl sites for hydroxylation is 1. The summed E-state index contributed by atoms with van der Waals surface area (Å²) in [4.78, 5) is 15.5. The minimum Gasteiger partial charge on any atom is -0.490 e. The number of anilines is 1. The van der Waals surface area contributed by atoms with Crippen LogP contribution in [0.4, 0.5) is 5.69 Å². The number of sulfone groups is 1. The van der Waals surface area contributed by atoms with Crippen molar-refractivity contribution >= 4 is 43.1 Å².